The molecule has 0 radical (unpaired) electrons. The van der Waals surface area contributed by atoms with E-state index in [9.17, 15) is 9.59 Å². The minimum atomic E-state index is -0.168. The molecule has 0 aromatic heterocycles. The fourth-order valence-electron chi connectivity index (χ4n) is 2.41. The summed E-state index contributed by atoms with van der Waals surface area (Å²) in [4.78, 5) is 27.4. The van der Waals surface area contributed by atoms with Crippen molar-refractivity contribution in [2.45, 2.75) is 12.8 Å². The molecule has 1 aliphatic heterocycles. The summed E-state index contributed by atoms with van der Waals surface area (Å²) in [6, 6.07) is 9.11. The second-order valence-corrected chi connectivity index (χ2v) is 5.72. The van der Waals surface area contributed by atoms with Crippen LogP contribution in [0.4, 0.5) is 0 Å². The molecule has 0 unspecified atom stereocenters. The van der Waals surface area contributed by atoms with E-state index in [1.54, 1.807) is 28.0 Å². The van der Waals surface area contributed by atoms with Crippen molar-refractivity contribution in [1.82, 2.24) is 9.80 Å². The molecule has 0 N–H and O–H groups in total. The van der Waals surface area contributed by atoms with Crippen molar-refractivity contribution in [2.24, 2.45) is 0 Å². The number of carbonyl (C=O) groups is 2. The number of benzene rings is 1. The molecular weight excluding hydrogens is 314 g/mol. The van der Waals surface area contributed by atoms with E-state index in [2.05, 4.69) is 0 Å². The Labute approximate surface area is 140 Å². The molecule has 23 heavy (non-hydrogen) atoms. The monoisotopic (exact) mass is 331 g/mol. The molecule has 2 rings (SSSR count). The average molecular weight is 332 g/mol. The summed E-state index contributed by atoms with van der Waals surface area (Å²) in [5, 5.41) is 9.25. The highest BCUT2D eigenvalue weighted by molar-refractivity contribution is 6.30. The summed E-state index contributed by atoms with van der Waals surface area (Å²) in [5.74, 6) is -0.243. The van der Waals surface area contributed by atoms with Crippen molar-refractivity contribution in [3.8, 4) is 6.07 Å². The van der Waals surface area contributed by atoms with Gasteiger partial charge >= 0.3 is 0 Å². The standard InChI is InChI=1S/C17H18ClN3O2/c18-15-5-2-14(3-6-15)4-7-16(22)20-10-1-11-21(13-12-20)17(23)8-9-19/h2-7H,1,8,10-13H2/b7-4+. The Balaban J connectivity index is 1.91. The molecule has 1 saturated heterocycles. The number of hydrogen-bond donors (Lipinski definition) is 0. The van der Waals surface area contributed by atoms with Crippen LogP contribution in [0.25, 0.3) is 6.08 Å². The molecule has 0 spiro atoms. The van der Waals surface area contributed by atoms with E-state index in [-0.39, 0.29) is 18.2 Å². The maximum atomic E-state index is 12.3. The van der Waals surface area contributed by atoms with E-state index in [1.807, 2.05) is 18.2 Å². The summed E-state index contributed by atoms with van der Waals surface area (Å²) in [6.07, 6.45) is 3.90. The van der Waals surface area contributed by atoms with Gasteiger partial charge in [0.05, 0.1) is 6.07 Å². The van der Waals surface area contributed by atoms with E-state index in [0.29, 0.717) is 31.2 Å². The predicted molar refractivity (Wildman–Crippen MR) is 88.5 cm³/mol. The van der Waals surface area contributed by atoms with Gasteiger partial charge in [0.1, 0.15) is 6.42 Å². The number of hydrogen-bond acceptors (Lipinski definition) is 3. The van der Waals surface area contributed by atoms with Gasteiger partial charge in [0.15, 0.2) is 0 Å². The Hall–Kier alpha value is -2.32. The van der Waals surface area contributed by atoms with Crippen molar-refractivity contribution in [1.29, 1.82) is 5.26 Å². The lowest BCUT2D eigenvalue weighted by atomic mass is 10.2. The Morgan fingerprint density at radius 1 is 1.13 bits per heavy atom. The first-order valence-electron chi connectivity index (χ1n) is 7.47. The highest BCUT2D eigenvalue weighted by Gasteiger charge is 2.20. The highest BCUT2D eigenvalue weighted by Crippen LogP contribution is 2.11. The third kappa shape index (κ3) is 5.11. The highest BCUT2D eigenvalue weighted by atomic mass is 35.5. The zero-order chi connectivity index (χ0) is 16.7. The quantitative estimate of drug-likeness (QED) is 0.798. The average Bonchev–Trinajstić information content (AvgIpc) is 2.80. The first-order valence-corrected chi connectivity index (χ1v) is 7.85. The van der Waals surface area contributed by atoms with Crippen LogP contribution >= 0.6 is 11.6 Å². The molecular formula is C17H18ClN3O2. The molecule has 0 atom stereocenters. The van der Waals surface area contributed by atoms with Gasteiger partial charge in [-0.15, -0.1) is 0 Å². The molecule has 5 nitrogen and oxygen atoms in total. The van der Waals surface area contributed by atoms with Crippen molar-refractivity contribution in [3.05, 3.63) is 40.9 Å². The predicted octanol–water partition coefficient (Wildman–Crippen LogP) is 2.33. The van der Waals surface area contributed by atoms with Crippen molar-refractivity contribution < 1.29 is 9.59 Å². The topological polar surface area (TPSA) is 64.4 Å². The van der Waals surface area contributed by atoms with Gasteiger partial charge in [0.25, 0.3) is 0 Å². The molecule has 1 fully saturated rings. The van der Waals surface area contributed by atoms with E-state index in [1.165, 1.54) is 6.08 Å². The van der Waals surface area contributed by atoms with E-state index < -0.39 is 0 Å². The summed E-state index contributed by atoms with van der Waals surface area (Å²) in [7, 11) is 0. The fraction of sp³-hybridized carbons (Fsp3) is 0.353. The molecule has 1 aromatic rings. The van der Waals surface area contributed by atoms with Crippen LogP contribution in [0.15, 0.2) is 30.3 Å². The van der Waals surface area contributed by atoms with Crippen LogP contribution in [0.2, 0.25) is 5.02 Å². The molecule has 1 aliphatic rings. The molecule has 120 valence electrons. The Kier molecular flexibility index (Phi) is 6.19. The molecule has 1 aromatic carbocycles. The van der Waals surface area contributed by atoms with Gasteiger partial charge in [-0.1, -0.05) is 23.7 Å². The molecule has 1 heterocycles. The van der Waals surface area contributed by atoms with Gasteiger partial charge in [0.2, 0.25) is 11.8 Å². The summed E-state index contributed by atoms with van der Waals surface area (Å²) in [5.41, 5.74) is 0.906. The first kappa shape index (κ1) is 17.0. The van der Waals surface area contributed by atoms with Crippen LogP contribution in [0.3, 0.4) is 0 Å². The van der Waals surface area contributed by atoms with Crippen LogP contribution in [0.1, 0.15) is 18.4 Å². The van der Waals surface area contributed by atoms with E-state index >= 15 is 0 Å². The number of amides is 2. The summed E-state index contributed by atoms with van der Waals surface area (Å²) >= 11 is 5.82. The van der Waals surface area contributed by atoms with E-state index in [0.717, 1.165) is 12.0 Å². The van der Waals surface area contributed by atoms with Crippen LogP contribution in [0, 0.1) is 11.3 Å². The lowest BCUT2D eigenvalue weighted by Crippen LogP contribution is -2.36. The lowest BCUT2D eigenvalue weighted by Gasteiger charge is -2.20. The second-order valence-electron chi connectivity index (χ2n) is 5.28. The molecule has 2 amide bonds. The number of nitriles is 1. The summed E-state index contributed by atoms with van der Waals surface area (Å²) < 4.78 is 0. The van der Waals surface area contributed by atoms with Crippen molar-refractivity contribution in [3.63, 3.8) is 0 Å². The molecule has 0 saturated carbocycles. The van der Waals surface area contributed by atoms with Gasteiger partial charge in [0, 0.05) is 37.3 Å². The van der Waals surface area contributed by atoms with Gasteiger partial charge in [-0.05, 0) is 30.2 Å². The summed E-state index contributed by atoms with van der Waals surface area (Å²) in [6.45, 7) is 2.16. The lowest BCUT2D eigenvalue weighted by molar-refractivity contribution is -0.131. The number of carbonyl (C=O) groups excluding carboxylic acids is 2. The normalized spacial score (nSPS) is 15.3. The smallest absolute Gasteiger partial charge is 0.246 e. The zero-order valence-corrected chi connectivity index (χ0v) is 13.5. The zero-order valence-electron chi connectivity index (χ0n) is 12.7. The molecule has 6 heteroatoms. The van der Waals surface area contributed by atoms with Crippen molar-refractivity contribution in [2.75, 3.05) is 26.2 Å². The maximum absolute atomic E-state index is 12.3. The number of nitrogens with zero attached hydrogens (tertiary/aromatic N) is 3. The third-order valence-electron chi connectivity index (χ3n) is 3.68. The van der Waals surface area contributed by atoms with Crippen LogP contribution in [-0.4, -0.2) is 47.8 Å². The third-order valence-corrected chi connectivity index (χ3v) is 3.93. The minimum Gasteiger partial charge on any atom is -0.340 e. The SMILES string of the molecule is N#CCC(=O)N1CCCN(C(=O)/C=C/c2ccc(Cl)cc2)CC1. The maximum Gasteiger partial charge on any atom is 0.246 e. The van der Waals surface area contributed by atoms with Crippen LogP contribution < -0.4 is 0 Å². The number of rotatable bonds is 3. The van der Waals surface area contributed by atoms with Gasteiger partial charge in [-0.2, -0.15) is 5.26 Å². The fourth-order valence-corrected chi connectivity index (χ4v) is 2.54. The van der Waals surface area contributed by atoms with Gasteiger partial charge in [-0.25, -0.2) is 0 Å². The number of halogens is 1. The van der Waals surface area contributed by atoms with Gasteiger partial charge in [-0.3, -0.25) is 9.59 Å². The largest absolute Gasteiger partial charge is 0.340 e. The van der Waals surface area contributed by atoms with Gasteiger partial charge < -0.3 is 9.80 Å². The van der Waals surface area contributed by atoms with E-state index in [4.69, 9.17) is 16.9 Å². The Morgan fingerprint density at radius 2 is 1.78 bits per heavy atom. The Bertz CT molecular complexity index is 634. The van der Waals surface area contributed by atoms with Crippen molar-refractivity contribution >= 4 is 29.5 Å². The molecule has 0 aliphatic carbocycles. The molecule has 0 bridgehead atoms. The first-order chi connectivity index (χ1) is 11.1. The van der Waals surface area contributed by atoms with Crippen LogP contribution in [0.5, 0.6) is 0 Å². The second kappa shape index (κ2) is 8.35. The van der Waals surface area contributed by atoms with Crippen LogP contribution in [-0.2, 0) is 9.59 Å². The minimum absolute atomic E-state index is 0.0745. The Morgan fingerprint density at radius 3 is 2.48 bits per heavy atom.